The minimum Gasteiger partial charge on any atom is -0.343 e. The molecule has 2 heterocycles. The van der Waals surface area contributed by atoms with Gasteiger partial charge in [-0.15, -0.1) is 0 Å². The summed E-state index contributed by atoms with van der Waals surface area (Å²) in [6.45, 7) is 0.783. The van der Waals surface area contributed by atoms with Crippen LogP contribution < -0.4 is 5.32 Å². The SMILES string of the molecule is Cc1nn(Cc2ccc(Cl)cc2)cc1C(=O)NCC(=O)N1CC(F)(F)C[C@H]1C#N. The molecule has 0 radical (unpaired) electrons. The van der Waals surface area contributed by atoms with Gasteiger partial charge in [-0.1, -0.05) is 23.7 Å². The number of amides is 2. The minimum atomic E-state index is -3.10. The Balaban J connectivity index is 1.61. The van der Waals surface area contributed by atoms with Gasteiger partial charge in [0.15, 0.2) is 0 Å². The Labute approximate surface area is 170 Å². The summed E-state index contributed by atoms with van der Waals surface area (Å²) in [5, 5.41) is 16.3. The number of halogens is 3. The molecule has 2 aromatic rings. The zero-order valence-corrected chi connectivity index (χ0v) is 16.3. The Morgan fingerprint density at radius 3 is 2.72 bits per heavy atom. The quantitative estimate of drug-likeness (QED) is 0.802. The standard InChI is InChI=1S/C19H18ClF2N5O2/c1-12-16(10-26(25-12)9-13-2-4-14(20)5-3-13)18(29)24-8-17(28)27-11-19(21,22)6-15(27)7-23/h2-5,10,15H,6,8-9,11H2,1H3,(H,24,29)/t15-/m0/s1. The van der Waals surface area contributed by atoms with Gasteiger partial charge in [-0.05, 0) is 24.6 Å². The van der Waals surface area contributed by atoms with Crippen LogP contribution in [-0.4, -0.2) is 51.5 Å². The van der Waals surface area contributed by atoms with Crippen molar-refractivity contribution >= 4 is 23.4 Å². The van der Waals surface area contributed by atoms with Crippen molar-refractivity contribution in [2.45, 2.75) is 31.9 Å². The molecule has 1 saturated heterocycles. The lowest BCUT2D eigenvalue weighted by Gasteiger charge is -2.19. The minimum absolute atomic E-state index is 0.273. The number of aryl methyl sites for hydroxylation is 1. The predicted octanol–water partition coefficient (Wildman–Crippen LogP) is 2.38. The molecule has 29 heavy (non-hydrogen) atoms. The lowest BCUT2D eigenvalue weighted by Crippen LogP contribution is -2.43. The highest BCUT2D eigenvalue weighted by atomic mass is 35.5. The maximum atomic E-state index is 13.5. The second kappa shape index (κ2) is 8.17. The second-order valence-electron chi connectivity index (χ2n) is 6.86. The number of nitrogens with zero attached hydrogens (tertiary/aromatic N) is 4. The summed E-state index contributed by atoms with van der Waals surface area (Å²) >= 11 is 5.86. The summed E-state index contributed by atoms with van der Waals surface area (Å²) < 4.78 is 28.5. The number of rotatable bonds is 5. The van der Waals surface area contributed by atoms with E-state index in [1.54, 1.807) is 36.0 Å². The van der Waals surface area contributed by atoms with Crippen LogP contribution in [0.25, 0.3) is 0 Å². The van der Waals surface area contributed by atoms with Crippen LogP contribution in [0.2, 0.25) is 5.02 Å². The van der Waals surface area contributed by atoms with E-state index in [2.05, 4.69) is 10.4 Å². The normalized spacial score (nSPS) is 17.8. The van der Waals surface area contributed by atoms with E-state index < -0.39 is 43.3 Å². The molecule has 1 N–H and O–H groups in total. The van der Waals surface area contributed by atoms with Gasteiger partial charge in [0, 0.05) is 17.6 Å². The molecule has 3 rings (SSSR count). The average molecular weight is 422 g/mol. The topological polar surface area (TPSA) is 91.0 Å². The molecule has 1 aromatic carbocycles. The van der Waals surface area contributed by atoms with Crippen LogP contribution in [0, 0.1) is 18.3 Å². The molecular formula is C19H18ClF2N5O2. The van der Waals surface area contributed by atoms with Gasteiger partial charge in [-0.25, -0.2) is 8.78 Å². The summed E-state index contributed by atoms with van der Waals surface area (Å²) in [6, 6.07) is 7.69. The third-order valence-corrected chi connectivity index (χ3v) is 4.84. The number of alkyl halides is 2. The Hall–Kier alpha value is -2.99. The maximum absolute atomic E-state index is 13.5. The summed E-state index contributed by atoms with van der Waals surface area (Å²) in [5.74, 6) is -4.37. The van der Waals surface area contributed by atoms with E-state index in [9.17, 15) is 18.4 Å². The number of aromatic nitrogens is 2. The number of carbonyl (C=O) groups excluding carboxylic acids is 2. The first-order valence-corrected chi connectivity index (χ1v) is 9.20. The summed E-state index contributed by atoms with van der Waals surface area (Å²) in [7, 11) is 0. The number of carbonyl (C=O) groups is 2. The highest BCUT2D eigenvalue weighted by Gasteiger charge is 2.47. The van der Waals surface area contributed by atoms with Crippen LogP contribution in [0.3, 0.4) is 0 Å². The fourth-order valence-electron chi connectivity index (χ4n) is 3.15. The van der Waals surface area contributed by atoms with Gasteiger partial charge in [-0.2, -0.15) is 10.4 Å². The smallest absolute Gasteiger partial charge is 0.268 e. The maximum Gasteiger partial charge on any atom is 0.268 e. The van der Waals surface area contributed by atoms with Gasteiger partial charge in [0.1, 0.15) is 6.04 Å². The Morgan fingerprint density at radius 2 is 2.07 bits per heavy atom. The van der Waals surface area contributed by atoms with Crippen molar-refractivity contribution in [3.63, 3.8) is 0 Å². The van der Waals surface area contributed by atoms with Gasteiger partial charge in [-0.3, -0.25) is 14.3 Å². The third-order valence-electron chi connectivity index (χ3n) is 4.59. The van der Waals surface area contributed by atoms with E-state index in [-0.39, 0.29) is 5.56 Å². The van der Waals surface area contributed by atoms with Crippen molar-refractivity contribution in [1.29, 1.82) is 5.26 Å². The number of nitrogens with one attached hydrogen (secondary N) is 1. The average Bonchev–Trinajstić information content (AvgIpc) is 3.20. The van der Waals surface area contributed by atoms with Crippen LogP contribution in [0.1, 0.15) is 28.0 Å². The summed E-state index contributed by atoms with van der Waals surface area (Å²) in [4.78, 5) is 25.4. The van der Waals surface area contributed by atoms with Gasteiger partial charge < -0.3 is 10.2 Å². The van der Waals surface area contributed by atoms with Gasteiger partial charge in [0.2, 0.25) is 5.91 Å². The highest BCUT2D eigenvalue weighted by Crippen LogP contribution is 2.31. The van der Waals surface area contributed by atoms with E-state index in [0.29, 0.717) is 17.3 Å². The molecule has 1 aliphatic rings. The lowest BCUT2D eigenvalue weighted by molar-refractivity contribution is -0.131. The van der Waals surface area contributed by atoms with E-state index in [4.69, 9.17) is 16.9 Å². The second-order valence-corrected chi connectivity index (χ2v) is 7.30. The summed E-state index contributed by atoms with van der Waals surface area (Å²) in [6.07, 6.45) is 0.853. The van der Waals surface area contributed by atoms with Crippen molar-refractivity contribution in [3.8, 4) is 6.07 Å². The number of nitriles is 1. The molecule has 7 nitrogen and oxygen atoms in total. The van der Waals surface area contributed by atoms with Gasteiger partial charge in [0.05, 0.1) is 37.0 Å². The first-order chi connectivity index (χ1) is 13.7. The molecule has 0 aliphatic carbocycles. The van der Waals surface area contributed by atoms with Gasteiger partial charge in [0.25, 0.3) is 11.8 Å². The van der Waals surface area contributed by atoms with E-state index >= 15 is 0 Å². The number of likely N-dealkylation sites (tertiary alicyclic amines) is 1. The van der Waals surface area contributed by atoms with Crippen LogP contribution in [0.4, 0.5) is 8.78 Å². The first-order valence-electron chi connectivity index (χ1n) is 8.82. The molecular weight excluding hydrogens is 404 g/mol. The number of hydrogen-bond acceptors (Lipinski definition) is 4. The van der Waals surface area contributed by atoms with Crippen LogP contribution in [-0.2, 0) is 11.3 Å². The molecule has 0 bridgehead atoms. The molecule has 1 atom stereocenters. The molecule has 2 amide bonds. The van der Waals surface area contributed by atoms with Crippen molar-refractivity contribution < 1.29 is 18.4 Å². The van der Waals surface area contributed by atoms with Crippen molar-refractivity contribution in [1.82, 2.24) is 20.0 Å². The molecule has 1 fully saturated rings. The molecule has 10 heteroatoms. The fraction of sp³-hybridized carbons (Fsp3) is 0.368. The van der Waals surface area contributed by atoms with E-state index in [1.807, 2.05) is 12.1 Å². The molecule has 1 aromatic heterocycles. The zero-order chi connectivity index (χ0) is 21.2. The first kappa shape index (κ1) is 20.7. The number of benzene rings is 1. The zero-order valence-electron chi connectivity index (χ0n) is 15.5. The van der Waals surface area contributed by atoms with E-state index in [1.165, 1.54) is 0 Å². The van der Waals surface area contributed by atoms with Crippen molar-refractivity contribution in [2.24, 2.45) is 0 Å². The largest absolute Gasteiger partial charge is 0.343 e. The van der Waals surface area contributed by atoms with Crippen LogP contribution in [0.15, 0.2) is 30.5 Å². The molecule has 0 unspecified atom stereocenters. The Bertz CT molecular complexity index is 968. The highest BCUT2D eigenvalue weighted by molar-refractivity contribution is 6.30. The van der Waals surface area contributed by atoms with Crippen LogP contribution >= 0.6 is 11.6 Å². The predicted molar refractivity (Wildman–Crippen MR) is 101 cm³/mol. The lowest BCUT2D eigenvalue weighted by atomic mass is 10.2. The van der Waals surface area contributed by atoms with E-state index in [0.717, 1.165) is 10.5 Å². The Kier molecular flexibility index (Phi) is 5.84. The molecule has 152 valence electrons. The molecule has 0 saturated carbocycles. The molecule has 1 aliphatic heterocycles. The van der Waals surface area contributed by atoms with Gasteiger partial charge >= 0.3 is 0 Å². The monoisotopic (exact) mass is 421 g/mol. The fourth-order valence-corrected chi connectivity index (χ4v) is 3.27. The molecule has 0 spiro atoms. The third kappa shape index (κ3) is 4.90. The summed E-state index contributed by atoms with van der Waals surface area (Å²) in [5.41, 5.74) is 1.68. The van der Waals surface area contributed by atoms with Crippen molar-refractivity contribution in [2.75, 3.05) is 13.1 Å². The number of hydrogen-bond donors (Lipinski definition) is 1. The van der Waals surface area contributed by atoms with Crippen molar-refractivity contribution in [3.05, 3.63) is 52.3 Å². The Morgan fingerprint density at radius 1 is 1.38 bits per heavy atom. The van der Waals surface area contributed by atoms with Crippen LogP contribution in [0.5, 0.6) is 0 Å².